The molecular weight excluding hydrogens is 625 g/mol. The molecule has 0 saturated carbocycles. The lowest BCUT2D eigenvalue weighted by molar-refractivity contribution is 0.946. The highest BCUT2D eigenvalue weighted by atomic mass is 15.0. The number of hydrazine groups is 1. The molecule has 7 N–H and O–H groups in total. The van der Waals surface area contributed by atoms with Crippen molar-refractivity contribution in [1.82, 2.24) is 9.13 Å². The van der Waals surface area contributed by atoms with E-state index in [1.807, 2.05) is 18.2 Å². The molecule has 6 heteroatoms. The van der Waals surface area contributed by atoms with Gasteiger partial charge in [-0.2, -0.15) is 0 Å². The second-order valence-electron chi connectivity index (χ2n) is 12.8. The number of hydrogen-bond donors (Lipinski definition) is 4. The summed E-state index contributed by atoms with van der Waals surface area (Å²) >= 11 is 0. The van der Waals surface area contributed by atoms with Crippen LogP contribution in [0.2, 0.25) is 0 Å². The lowest BCUT2D eigenvalue weighted by atomic mass is 9.84. The number of fused-ring (bicyclic) bond motifs is 9. The fraction of sp³-hybridized carbons (Fsp3) is 0.0889. The lowest BCUT2D eigenvalue weighted by Gasteiger charge is -2.21. The number of para-hydroxylation sites is 1. The third kappa shape index (κ3) is 5.91. The Hall–Kier alpha value is -6.21. The normalized spacial score (nSPS) is 12.0. The number of aromatic nitrogens is 2. The summed E-state index contributed by atoms with van der Waals surface area (Å²) < 4.78 is 4.74. The molecule has 1 aliphatic carbocycles. The van der Waals surface area contributed by atoms with Crippen LogP contribution in [0.4, 0.5) is 0 Å². The Morgan fingerprint density at radius 2 is 1.16 bits per heavy atom. The maximum absolute atomic E-state index is 5.86. The molecule has 0 unspecified atom stereocenters. The van der Waals surface area contributed by atoms with Gasteiger partial charge in [0, 0.05) is 32.9 Å². The van der Waals surface area contributed by atoms with Gasteiger partial charge >= 0.3 is 0 Å². The Labute approximate surface area is 299 Å². The molecule has 2 aromatic heterocycles. The van der Waals surface area contributed by atoms with Crippen molar-refractivity contribution in [3.8, 4) is 16.8 Å². The summed E-state index contributed by atoms with van der Waals surface area (Å²) in [5.74, 6) is 8.00. The first-order valence-corrected chi connectivity index (χ1v) is 16.9. The van der Waals surface area contributed by atoms with Gasteiger partial charge in [-0.05, 0) is 133 Å². The second kappa shape index (κ2) is 14.3. The van der Waals surface area contributed by atoms with Gasteiger partial charge in [0.25, 0.3) is 0 Å². The SMILES string of the molecule is C=C/C=C(\C=C)n1c2ccc(C(=C)C)cc2c2cc3c(cc21)-c1cc2c(cc1CC3)c1cc(C(=C)C)ccc1n2-c1ccccc1.N=CN.NN. The number of benzene rings is 5. The van der Waals surface area contributed by atoms with Crippen molar-refractivity contribution >= 4 is 66.8 Å². The van der Waals surface area contributed by atoms with Gasteiger partial charge in [0.1, 0.15) is 0 Å². The lowest BCUT2D eigenvalue weighted by Crippen LogP contribution is -2.05. The number of aryl methyl sites for hydroxylation is 2. The highest BCUT2D eigenvalue weighted by Crippen LogP contribution is 2.44. The van der Waals surface area contributed by atoms with Crippen LogP contribution < -0.4 is 17.4 Å². The zero-order chi connectivity index (χ0) is 36.4. The van der Waals surface area contributed by atoms with Crippen molar-refractivity contribution in [3.05, 3.63) is 158 Å². The van der Waals surface area contributed by atoms with Crippen LogP contribution in [0.3, 0.4) is 0 Å². The van der Waals surface area contributed by atoms with Gasteiger partial charge in [0.2, 0.25) is 0 Å². The highest BCUT2D eigenvalue weighted by Gasteiger charge is 2.24. The standard InChI is InChI=1S/C44H36N2.CH4N2.H4N2/c1-7-12-33(8-2)45-41-19-17-29(27(3)4)21-37(41)39-23-31-15-16-32-24-40-38-22-30(28(5)6)18-20-42(38)46(34-13-10-9-11-14-34)44(40)26-36(32)35(31)25-43(39)45;2-1-3;1-2/h7-14,17-26H,1-3,5,15-16H2,4,6H3;1H,(H3,2,3);1-2H2/b33-12+;;. The molecule has 0 aliphatic heterocycles. The minimum atomic E-state index is 0.750. The number of rotatable bonds is 6. The van der Waals surface area contributed by atoms with Gasteiger partial charge in [-0.3, -0.25) is 17.1 Å². The quantitative estimate of drug-likeness (QED) is 0.0465. The molecule has 0 spiro atoms. The van der Waals surface area contributed by atoms with Crippen LogP contribution in [0.5, 0.6) is 0 Å². The number of nitrogens with one attached hydrogen (secondary N) is 1. The molecular formula is C45H44N6. The third-order valence-corrected chi connectivity index (χ3v) is 9.69. The minimum Gasteiger partial charge on any atom is -0.390 e. The molecule has 2 heterocycles. The largest absolute Gasteiger partial charge is 0.390 e. The van der Waals surface area contributed by atoms with E-state index in [0.29, 0.717) is 0 Å². The van der Waals surface area contributed by atoms with E-state index in [9.17, 15) is 0 Å². The molecule has 0 bridgehead atoms. The summed E-state index contributed by atoms with van der Waals surface area (Å²) in [6.07, 6.45) is 8.55. The van der Waals surface area contributed by atoms with Crippen molar-refractivity contribution in [2.45, 2.75) is 26.7 Å². The van der Waals surface area contributed by atoms with Crippen molar-refractivity contribution in [2.24, 2.45) is 17.4 Å². The molecule has 51 heavy (non-hydrogen) atoms. The van der Waals surface area contributed by atoms with Crippen LogP contribution in [0.1, 0.15) is 36.1 Å². The summed E-state index contributed by atoms with van der Waals surface area (Å²) in [7, 11) is 0. The van der Waals surface area contributed by atoms with E-state index in [1.54, 1.807) is 0 Å². The Morgan fingerprint density at radius 1 is 0.667 bits per heavy atom. The number of nitrogens with two attached hydrogens (primary N) is 3. The molecule has 0 radical (unpaired) electrons. The molecule has 0 atom stereocenters. The Kier molecular flexibility index (Phi) is 9.74. The van der Waals surface area contributed by atoms with E-state index in [-0.39, 0.29) is 0 Å². The van der Waals surface area contributed by atoms with E-state index in [0.717, 1.165) is 52.8 Å². The molecule has 6 nitrogen and oxygen atoms in total. The van der Waals surface area contributed by atoms with Gasteiger partial charge in [-0.1, -0.05) is 73.9 Å². The van der Waals surface area contributed by atoms with Gasteiger partial charge in [0.05, 0.1) is 28.4 Å². The molecule has 0 amide bonds. The molecule has 7 aromatic rings. The molecule has 0 saturated heterocycles. The van der Waals surface area contributed by atoms with Gasteiger partial charge < -0.3 is 14.9 Å². The summed E-state index contributed by atoms with van der Waals surface area (Å²) in [5, 5.41) is 10.9. The predicted octanol–water partition coefficient (Wildman–Crippen LogP) is 10.3. The Morgan fingerprint density at radius 3 is 1.69 bits per heavy atom. The topological polar surface area (TPSA) is 112 Å². The van der Waals surface area contributed by atoms with E-state index in [1.165, 1.54) is 65.9 Å². The third-order valence-electron chi connectivity index (χ3n) is 9.69. The fourth-order valence-electron chi connectivity index (χ4n) is 7.42. The van der Waals surface area contributed by atoms with Crippen LogP contribution in [-0.2, 0) is 12.8 Å². The summed E-state index contributed by atoms with van der Waals surface area (Å²) in [6, 6.07) is 33.9. The molecule has 0 fully saturated rings. The van der Waals surface area contributed by atoms with Crippen molar-refractivity contribution < 1.29 is 0 Å². The average molecular weight is 669 g/mol. The van der Waals surface area contributed by atoms with Crippen LogP contribution in [0.15, 0.2) is 136 Å². The summed E-state index contributed by atoms with van der Waals surface area (Å²) in [4.78, 5) is 0. The number of allylic oxidation sites excluding steroid dienone is 6. The molecule has 1 aliphatic rings. The van der Waals surface area contributed by atoms with Gasteiger partial charge in [-0.25, -0.2) is 0 Å². The summed E-state index contributed by atoms with van der Waals surface area (Å²) in [6.45, 7) is 20.8. The zero-order valence-electron chi connectivity index (χ0n) is 29.3. The van der Waals surface area contributed by atoms with Crippen molar-refractivity contribution in [1.29, 1.82) is 5.41 Å². The minimum absolute atomic E-state index is 0.750. The second-order valence-corrected chi connectivity index (χ2v) is 12.8. The zero-order valence-corrected chi connectivity index (χ0v) is 29.3. The van der Waals surface area contributed by atoms with E-state index in [4.69, 9.17) is 5.41 Å². The first-order valence-electron chi connectivity index (χ1n) is 16.9. The highest BCUT2D eigenvalue weighted by molar-refractivity contribution is 6.14. The average Bonchev–Trinajstić information content (AvgIpc) is 3.64. The van der Waals surface area contributed by atoms with Crippen LogP contribution in [0, 0.1) is 5.41 Å². The molecule has 8 rings (SSSR count). The van der Waals surface area contributed by atoms with E-state index < -0.39 is 0 Å². The van der Waals surface area contributed by atoms with E-state index in [2.05, 4.69) is 158 Å². The van der Waals surface area contributed by atoms with Crippen LogP contribution in [0.25, 0.3) is 77.3 Å². The van der Waals surface area contributed by atoms with Gasteiger partial charge in [-0.15, -0.1) is 0 Å². The van der Waals surface area contributed by atoms with Crippen LogP contribution >= 0.6 is 0 Å². The number of hydrogen-bond acceptors (Lipinski definition) is 3. The Balaban J connectivity index is 0.000000853. The maximum Gasteiger partial charge on any atom is 0.0765 e. The number of nitrogens with zero attached hydrogens (tertiary/aromatic N) is 2. The summed E-state index contributed by atoms with van der Waals surface area (Å²) in [5.41, 5.74) is 21.2. The van der Waals surface area contributed by atoms with Crippen molar-refractivity contribution in [3.63, 3.8) is 0 Å². The fourth-order valence-corrected chi connectivity index (χ4v) is 7.42. The smallest absolute Gasteiger partial charge is 0.0765 e. The Bertz CT molecular complexity index is 2560. The predicted molar refractivity (Wildman–Crippen MR) is 222 cm³/mol. The van der Waals surface area contributed by atoms with Crippen molar-refractivity contribution in [2.75, 3.05) is 0 Å². The monoisotopic (exact) mass is 668 g/mol. The first kappa shape index (κ1) is 34.6. The van der Waals surface area contributed by atoms with Gasteiger partial charge in [0.15, 0.2) is 0 Å². The maximum atomic E-state index is 5.86. The van der Waals surface area contributed by atoms with Crippen LogP contribution in [-0.4, -0.2) is 15.5 Å². The first-order chi connectivity index (χ1) is 24.8. The molecule has 254 valence electrons. The molecule has 5 aromatic carbocycles. The van der Waals surface area contributed by atoms with E-state index >= 15 is 0 Å².